The first-order chi connectivity index (χ1) is 9.96. The molecular weight excluding hydrogens is 306 g/mol. The maximum absolute atomic E-state index is 12.3. The Balaban J connectivity index is 2.53. The van der Waals surface area contributed by atoms with Crippen LogP contribution in [-0.4, -0.2) is 50.9 Å². The van der Waals surface area contributed by atoms with Crippen LogP contribution in [0.3, 0.4) is 0 Å². The minimum Gasteiger partial charge on any atom is -0.378 e. The topological polar surface area (TPSA) is 111 Å². The van der Waals surface area contributed by atoms with E-state index in [0.717, 1.165) is 0 Å². The molecule has 2 atom stereocenters. The second kappa shape index (κ2) is 6.82. The van der Waals surface area contributed by atoms with Gasteiger partial charge in [0.15, 0.2) is 0 Å². The summed E-state index contributed by atoms with van der Waals surface area (Å²) < 4.78 is 31.5. The molecule has 0 aliphatic heterocycles. The average molecular weight is 335 g/mol. The number of carbonyl (C=O) groups is 1. The minimum atomic E-state index is -3.39. The quantitative estimate of drug-likeness (QED) is 0.576. The molecule has 0 saturated heterocycles. The molecule has 8 heteroatoms. The smallest absolute Gasteiger partial charge is 0.240 e. The van der Waals surface area contributed by atoms with E-state index in [-0.39, 0.29) is 30.4 Å². The molecule has 1 fully saturated rings. The predicted molar refractivity (Wildman–Crippen MR) is 85.8 cm³/mol. The van der Waals surface area contributed by atoms with Gasteiger partial charge in [-0.1, -0.05) is 13.8 Å². The molecular formula is C14H29N3O4S. The predicted octanol–water partition coefficient (Wildman–Crippen LogP) is -0.0371. The molecule has 4 N–H and O–H groups in total. The summed E-state index contributed by atoms with van der Waals surface area (Å²) in [7, 11) is -3.39. The minimum absolute atomic E-state index is 0.0369. The Kier molecular flexibility index (Phi) is 6.00. The Morgan fingerprint density at radius 1 is 1.41 bits per heavy atom. The highest BCUT2D eigenvalue weighted by Gasteiger charge is 2.62. The lowest BCUT2D eigenvalue weighted by Gasteiger charge is -2.57. The van der Waals surface area contributed by atoms with Crippen LogP contribution in [-0.2, 0) is 19.6 Å². The van der Waals surface area contributed by atoms with E-state index in [2.05, 4.69) is 10.0 Å². The fraction of sp³-hybridized carbons (Fsp3) is 0.929. The molecule has 0 bridgehead atoms. The first-order valence-electron chi connectivity index (χ1n) is 7.65. The molecule has 0 radical (unpaired) electrons. The number of sulfonamides is 1. The summed E-state index contributed by atoms with van der Waals surface area (Å²) in [5.74, 6) is -0.490. The fourth-order valence-corrected chi connectivity index (χ4v) is 3.90. The zero-order valence-corrected chi connectivity index (χ0v) is 14.9. The van der Waals surface area contributed by atoms with Gasteiger partial charge in [0, 0.05) is 31.0 Å². The molecule has 130 valence electrons. The van der Waals surface area contributed by atoms with Gasteiger partial charge in [0.2, 0.25) is 15.9 Å². The summed E-state index contributed by atoms with van der Waals surface area (Å²) in [6, 6.07) is -0.168. The van der Waals surface area contributed by atoms with Gasteiger partial charge in [-0.05, 0) is 20.8 Å². The van der Waals surface area contributed by atoms with E-state index < -0.39 is 21.0 Å². The molecule has 0 spiro atoms. The lowest BCUT2D eigenvalue weighted by Crippen LogP contribution is -2.75. The normalized spacial score (nSPS) is 27.5. The van der Waals surface area contributed by atoms with Gasteiger partial charge < -0.3 is 15.8 Å². The van der Waals surface area contributed by atoms with E-state index in [0.29, 0.717) is 13.0 Å². The van der Waals surface area contributed by atoms with Crippen molar-refractivity contribution in [1.82, 2.24) is 10.0 Å². The standard InChI is InChI=1S/C14H29N3O4S/c1-6-21-11-9-14(15,13(11,4)5)12(18)16-7-8-22(19,20)17-10(2)3/h10-11,17H,6-9,15H2,1-5H3,(H,16,18). The Morgan fingerprint density at radius 3 is 2.45 bits per heavy atom. The van der Waals surface area contributed by atoms with Gasteiger partial charge in [-0.25, -0.2) is 13.1 Å². The number of nitrogens with two attached hydrogens (primary N) is 1. The third kappa shape index (κ3) is 3.98. The molecule has 2 unspecified atom stereocenters. The van der Waals surface area contributed by atoms with Crippen molar-refractivity contribution in [2.24, 2.45) is 11.1 Å². The van der Waals surface area contributed by atoms with Crippen LogP contribution in [0.15, 0.2) is 0 Å². The van der Waals surface area contributed by atoms with E-state index >= 15 is 0 Å². The number of hydrogen-bond acceptors (Lipinski definition) is 5. The highest BCUT2D eigenvalue weighted by atomic mass is 32.2. The lowest BCUT2D eigenvalue weighted by atomic mass is 9.54. The zero-order valence-electron chi connectivity index (χ0n) is 14.1. The van der Waals surface area contributed by atoms with Crippen molar-refractivity contribution in [1.29, 1.82) is 0 Å². The summed E-state index contributed by atoms with van der Waals surface area (Å²) in [5.41, 5.74) is 4.71. The van der Waals surface area contributed by atoms with Crippen molar-refractivity contribution in [2.45, 2.75) is 58.7 Å². The number of hydrogen-bond donors (Lipinski definition) is 3. The van der Waals surface area contributed by atoms with Gasteiger partial charge in [0.1, 0.15) is 5.54 Å². The monoisotopic (exact) mass is 335 g/mol. The maximum atomic E-state index is 12.3. The number of rotatable bonds is 8. The first kappa shape index (κ1) is 19.3. The van der Waals surface area contributed by atoms with E-state index in [1.54, 1.807) is 13.8 Å². The zero-order chi connectivity index (χ0) is 17.2. The number of amides is 1. The van der Waals surface area contributed by atoms with Crippen LogP contribution >= 0.6 is 0 Å². The maximum Gasteiger partial charge on any atom is 0.240 e. The fourth-order valence-electron chi connectivity index (χ4n) is 2.70. The van der Waals surface area contributed by atoms with Crippen LogP contribution in [0.5, 0.6) is 0 Å². The van der Waals surface area contributed by atoms with Crippen LogP contribution < -0.4 is 15.8 Å². The van der Waals surface area contributed by atoms with Gasteiger partial charge >= 0.3 is 0 Å². The second-order valence-electron chi connectivity index (χ2n) is 6.69. The van der Waals surface area contributed by atoms with Crippen molar-refractivity contribution in [3.63, 3.8) is 0 Å². The van der Waals surface area contributed by atoms with Gasteiger partial charge in [0.05, 0.1) is 11.9 Å². The van der Waals surface area contributed by atoms with E-state index in [4.69, 9.17) is 10.5 Å². The average Bonchev–Trinajstić information content (AvgIpc) is 2.36. The van der Waals surface area contributed by atoms with Crippen LogP contribution in [0.1, 0.15) is 41.0 Å². The molecule has 22 heavy (non-hydrogen) atoms. The summed E-state index contributed by atoms with van der Waals surface area (Å²) >= 11 is 0. The SMILES string of the molecule is CCOC1CC(N)(C(=O)NCCS(=O)(=O)NC(C)C)C1(C)C. The summed E-state index contributed by atoms with van der Waals surface area (Å²) in [5, 5.41) is 2.63. The van der Waals surface area contributed by atoms with E-state index in [9.17, 15) is 13.2 Å². The van der Waals surface area contributed by atoms with Crippen molar-refractivity contribution in [2.75, 3.05) is 18.9 Å². The molecule has 0 aromatic heterocycles. The molecule has 1 saturated carbocycles. The third-order valence-electron chi connectivity index (χ3n) is 4.31. The molecule has 1 amide bonds. The van der Waals surface area contributed by atoms with Crippen LogP contribution in [0.25, 0.3) is 0 Å². The lowest BCUT2D eigenvalue weighted by molar-refractivity contribution is -0.170. The van der Waals surface area contributed by atoms with Crippen LogP contribution in [0.4, 0.5) is 0 Å². The molecule has 7 nitrogen and oxygen atoms in total. The molecule has 0 aromatic rings. The summed E-state index contributed by atoms with van der Waals surface area (Å²) in [6.07, 6.45) is 0.385. The molecule has 1 rings (SSSR count). The Hall–Kier alpha value is -0.700. The van der Waals surface area contributed by atoms with Crippen LogP contribution in [0, 0.1) is 5.41 Å². The highest BCUT2D eigenvalue weighted by Crippen LogP contribution is 2.49. The molecule has 1 aliphatic rings. The summed E-state index contributed by atoms with van der Waals surface area (Å²) in [4.78, 5) is 12.3. The van der Waals surface area contributed by atoms with Gasteiger partial charge in [0.25, 0.3) is 0 Å². The molecule has 0 heterocycles. The van der Waals surface area contributed by atoms with Crippen molar-refractivity contribution >= 4 is 15.9 Å². The van der Waals surface area contributed by atoms with E-state index in [1.807, 2.05) is 20.8 Å². The largest absolute Gasteiger partial charge is 0.378 e. The highest BCUT2D eigenvalue weighted by molar-refractivity contribution is 7.89. The Bertz CT molecular complexity index is 504. The van der Waals surface area contributed by atoms with E-state index in [1.165, 1.54) is 0 Å². The van der Waals surface area contributed by atoms with Crippen molar-refractivity contribution in [3.05, 3.63) is 0 Å². The van der Waals surface area contributed by atoms with Crippen LogP contribution in [0.2, 0.25) is 0 Å². The van der Waals surface area contributed by atoms with Crippen molar-refractivity contribution < 1.29 is 17.9 Å². The third-order valence-corrected chi connectivity index (χ3v) is 5.88. The van der Waals surface area contributed by atoms with Gasteiger partial charge in [-0.3, -0.25) is 4.79 Å². The van der Waals surface area contributed by atoms with Gasteiger partial charge in [-0.15, -0.1) is 0 Å². The Morgan fingerprint density at radius 2 is 2.00 bits per heavy atom. The number of nitrogens with one attached hydrogen (secondary N) is 2. The molecule has 1 aliphatic carbocycles. The number of ether oxygens (including phenoxy) is 1. The van der Waals surface area contributed by atoms with Crippen molar-refractivity contribution in [3.8, 4) is 0 Å². The first-order valence-corrected chi connectivity index (χ1v) is 9.30. The Labute approximate surface area is 133 Å². The second-order valence-corrected chi connectivity index (χ2v) is 8.56. The van der Waals surface area contributed by atoms with Gasteiger partial charge in [-0.2, -0.15) is 0 Å². The number of carbonyl (C=O) groups excluding carboxylic acids is 1. The molecule has 0 aromatic carbocycles. The summed E-state index contributed by atoms with van der Waals surface area (Å²) in [6.45, 7) is 9.80.